The van der Waals surface area contributed by atoms with Gasteiger partial charge in [-0.3, -0.25) is 0 Å². The number of nitrogens with zero attached hydrogens (tertiary/aromatic N) is 1. The standard InChI is InChI=1S/C13H23NO/c1-13(2,10-15)9-14(7-11-3-4-11)8-12-5-6-12/h10-12H,3-9H2,1-2H3. The van der Waals surface area contributed by atoms with Crippen molar-refractivity contribution >= 4 is 6.29 Å². The van der Waals surface area contributed by atoms with Gasteiger partial charge in [0.05, 0.1) is 0 Å². The molecule has 2 nitrogen and oxygen atoms in total. The minimum Gasteiger partial charge on any atom is -0.303 e. The maximum Gasteiger partial charge on any atom is 0.126 e. The molecule has 2 heteroatoms. The third-order valence-electron chi connectivity index (χ3n) is 3.38. The number of rotatable bonds is 7. The Morgan fingerprint density at radius 1 is 1.13 bits per heavy atom. The zero-order chi connectivity index (χ0) is 10.9. The highest BCUT2D eigenvalue weighted by Crippen LogP contribution is 2.34. The number of aldehydes is 1. The molecular formula is C13H23NO. The molecule has 2 fully saturated rings. The number of carbonyl (C=O) groups excluding carboxylic acids is 1. The topological polar surface area (TPSA) is 20.3 Å². The molecule has 86 valence electrons. The van der Waals surface area contributed by atoms with E-state index >= 15 is 0 Å². The highest BCUT2D eigenvalue weighted by Gasteiger charge is 2.31. The first-order chi connectivity index (χ1) is 7.09. The molecule has 0 aromatic rings. The van der Waals surface area contributed by atoms with E-state index in [0.717, 1.165) is 24.7 Å². The fourth-order valence-electron chi connectivity index (χ4n) is 2.15. The van der Waals surface area contributed by atoms with Crippen LogP contribution in [0.2, 0.25) is 0 Å². The molecule has 0 amide bonds. The smallest absolute Gasteiger partial charge is 0.126 e. The van der Waals surface area contributed by atoms with Gasteiger partial charge in [-0.05, 0) is 37.5 Å². The van der Waals surface area contributed by atoms with E-state index in [1.165, 1.54) is 38.8 Å². The van der Waals surface area contributed by atoms with Gasteiger partial charge in [-0.15, -0.1) is 0 Å². The molecule has 0 bridgehead atoms. The van der Waals surface area contributed by atoms with E-state index in [9.17, 15) is 4.79 Å². The monoisotopic (exact) mass is 209 g/mol. The molecule has 0 atom stereocenters. The van der Waals surface area contributed by atoms with Gasteiger partial charge in [-0.1, -0.05) is 13.8 Å². The second-order valence-corrected chi connectivity index (χ2v) is 6.19. The average molecular weight is 209 g/mol. The third kappa shape index (κ3) is 3.94. The van der Waals surface area contributed by atoms with Crippen molar-refractivity contribution in [3.63, 3.8) is 0 Å². The summed E-state index contributed by atoms with van der Waals surface area (Å²) in [6.07, 6.45) is 6.73. The fourth-order valence-corrected chi connectivity index (χ4v) is 2.15. The van der Waals surface area contributed by atoms with Crippen molar-refractivity contribution in [2.24, 2.45) is 17.3 Å². The predicted molar refractivity (Wildman–Crippen MR) is 61.7 cm³/mol. The summed E-state index contributed by atoms with van der Waals surface area (Å²) < 4.78 is 0. The molecule has 0 N–H and O–H groups in total. The Morgan fingerprint density at radius 2 is 1.60 bits per heavy atom. The first kappa shape index (κ1) is 11.1. The second kappa shape index (κ2) is 4.25. The minimum absolute atomic E-state index is 0.163. The summed E-state index contributed by atoms with van der Waals surface area (Å²) in [5.41, 5.74) is -0.163. The zero-order valence-corrected chi connectivity index (χ0v) is 10.0. The van der Waals surface area contributed by atoms with Gasteiger partial charge in [0.2, 0.25) is 0 Å². The summed E-state index contributed by atoms with van der Waals surface area (Å²) in [5, 5.41) is 0. The van der Waals surface area contributed by atoms with Gasteiger partial charge < -0.3 is 9.69 Å². The van der Waals surface area contributed by atoms with Gasteiger partial charge in [-0.2, -0.15) is 0 Å². The van der Waals surface area contributed by atoms with Crippen LogP contribution < -0.4 is 0 Å². The summed E-state index contributed by atoms with van der Waals surface area (Å²) in [5.74, 6) is 1.87. The zero-order valence-electron chi connectivity index (χ0n) is 10.0. The lowest BCUT2D eigenvalue weighted by molar-refractivity contribution is -0.115. The third-order valence-corrected chi connectivity index (χ3v) is 3.38. The molecular weight excluding hydrogens is 186 g/mol. The van der Waals surface area contributed by atoms with Crippen LogP contribution in [0.15, 0.2) is 0 Å². The van der Waals surface area contributed by atoms with Gasteiger partial charge in [0.25, 0.3) is 0 Å². The normalized spacial score (nSPS) is 22.1. The van der Waals surface area contributed by atoms with Crippen molar-refractivity contribution in [2.45, 2.75) is 39.5 Å². The molecule has 0 aromatic carbocycles. The lowest BCUT2D eigenvalue weighted by atomic mass is 9.95. The highest BCUT2D eigenvalue weighted by molar-refractivity contribution is 5.58. The number of hydrogen-bond acceptors (Lipinski definition) is 2. The average Bonchev–Trinajstić information content (AvgIpc) is 2.99. The van der Waals surface area contributed by atoms with Crippen LogP contribution in [0.5, 0.6) is 0 Å². The molecule has 0 aromatic heterocycles. The van der Waals surface area contributed by atoms with Gasteiger partial charge in [0, 0.05) is 25.0 Å². The summed E-state index contributed by atoms with van der Waals surface area (Å²) in [7, 11) is 0. The van der Waals surface area contributed by atoms with Crippen LogP contribution in [-0.2, 0) is 4.79 Å². The van der Waals surface area contributed by atoms with E-state index in [2.05, 4.69) is 4.90 Å². The van der Waals surface area contributed by atoms with Crippen molar-refractivity contribution in [2.75, 3.05) is 19.6 Å². The number of carbonyl (C=O) groups is 1. The molecule has 0 heterocycles. The lowest BCUT2D eigenvalue weighted by Crippen LogP contribution is -2.37. The summed E-state index contributed by atoms with van der Waals surface area (Å²) in [6, 6.07) is 0. The molecule has 2 aliphatic rings. The summed E-state index contributed by atoms with van der Waals surface area (Å²) >= 11 is 0. The van der Waals surface area contributed by atoms with E-state index in [4.69, 9.17) is 0 Å². The van der Waals surface area contributed by atoms with E-state index in [1.807, 2.05) is 13.8 Å². The van der Waals surface area contributed by atoms with E-state index in [0.29, 0.717) is 0 Å². The maximum atomic E-state index is 10.9. The first-order valence-electron chi connectivity index (χ1n) is 6.28. The SMILES string of the molecule is CC(C)(C=O)CN(CC1CC1)CC1CC1. The van der Waals surface area contributed by atoms with Crippen molar-refractivity contribution < 1.29 is 4.79 Å². The minimum atomic E-state index is -0.163. The molecule has 2 saturated carbocycles. The number of hydrogen-bond donors (Lipinski definition) is 0. The van der Waals surface area contributed by atoms with E-state index < -0.39 is 0 Å². The van der Waals surface area contributed by atoms with Crippen molar-refractivity contribution in [3.8, 4) is 0 Å². The molecule has 2 aliphatic carbocycles. The van der Waals surface area contributed by atoms with Crippen LogP contribution in [-0.4, -0.2) is 30.8 Å². The highest BCUT2D eigenvalue weighted by atomic mass is 16.1. The van der Waals surface area contributed by atoms with Crippen LogP contribution in [0.1, 0.15) is 39.5 Å². The second-order valence-electron chi connectivity index (χ2n) is 6.19. The van der Waals surface area contributed by atoms with E-state index in [-0.39, 0.29) is 5.41 Å². The molecule has 2 rings (SSSR count). The predicted octanol–water partition coefficient (Wildman–Crippen LogP) is 2.33. The lowest BCUT2D eigenvalue weighted by Gasteiger charge is -2.29. The van der Waals surface area contributed by atoms with Crippen molar-refractivity contribution in [1.82, 2.24) is 4.90 Å². The summed E-state index contributed by atoms with van der Waals surface area (Å²) in [4.78, 5) is 13.5. The van der Waals surface area contributed by atoms with Gasteiger partial charge >= 0.3 is 0 Å². The Balaban J connectivity index is 1.81. The Kier molecular flexibility index (Phi) is 3.15. The molecule has 15 heavy (non-hydrogen) atoms. The van der Waals surface area contributed by atoms with Gasteiger partial charge in [0.1, 0.15) is 6.29 Å². The van der Waals surface area contributed by atoms with Crippen LogP contribution in [0.25, 0.3) is 0 Å². The Labute approximate surface area is 93.0 Å². The molecule has 0 spiro atoms. The van der Waals surface area contributed by atoms with Gasteiger partial charge in [-0.25, -0.2) is 0 Å². The van der Waals surface area contributed by atoms with Crippen LogP contribution in [0, 0.1) is 17.3 Å². The van der Waals surface area contributed by atoms with Crippen LogP contribution >= 0.6 is 0 Å². The fraction of sp³-hybridized carbons (Fsp3) is 0.923. The molecule has 0 radical (unpaired) electrons. The Hall–Kier alpha value is -0.370. The molecule has 0 aliphatic heterocycles. The quantitative estimate of drug-likeness (QED) is 0.600. The Bertz CT molecular complexity index is 215. The van der Waals surface area contributed by atoms with Crippen molar-refractivity contribution in [1.29, 1.82) is 0 Å². The van der Waals surface area contributed by atoms with Crippen LogP contribution in [0.3, 0.4) is 0 Å². The molecule has 0 saturated heterocycles. The van der Waals surface area contributed by atoms with Crippen LogP contribution in [0.4, 0.5) is 0 Å². The van der Waals surface area contributed by atoms with Crippen molar-refractivity contribution in [3.05, 3.63) is 0 Å². The largest absolute Gasteiger partial charge is 0.303 e. The van der Waals surface area contributed by atoms with E-state index in [1.54, 1.807) is 0 Å². The molecule has 0 unspecified atom stereocenters. The van der Waals surface area contributed by atoms with Gasteiger partial charge in [0.15, 0.2) is 0 Å². The Morgan fingerprint density at radius 3 is 1.93 bits per heavy atom. The summed E-state index contributed by atoms with van der Waals surface area (Å²) in [6.45, 7) is 7.50. The maximum absolute atomic E-state index is 10.9. The first-order valence-corrected chi connectivity index (χ1v) is 6.28.